The van der Waals surface area contributed by atoms with Crippen LogP contribution in [0, 0.1) is 5.92 Å². The van der Waals surface area contributed by atoms with Crippen LogP contribution in [0.25, 0.3) is 0 Å². The maximum absolute atomic E-state index is 13.2. The Balaban J connectivity index is 1.35. The lowest BCUT2D eigenvalue weighted by Crippen LogP contribution is -2.36. The van der Waals surface area contributed by atoms with Crippen LogP contribution in [0.5, 0.6) is 0 Å². The molecule has 4 rings (SSSR count). The number of fused-ring (bicyclic) bond motifs is 1. The van der Waals surface area contributed by atoms with E-state index >= 15 is 0 Å². The maximum Gasteiger partial charge on any atom is 0.338 e. The summed E-state index contributed by atoms with van der Waals surface area (Å²) in [6.07, 6.45) is 6.51. The topological polar surface area (TPSA) is 92.8 Å². The normalized spacial score (nSPS) is 17.2. The molecule has 8 heteroatoms. The van der Waals surface area contributed by atoms with Gasteiger partial charge in [0.25, 0.3) is 5.91 Å². The van der Waals surface area contributed by atoms with Crippen molar-refractivity contribution >= 4 is 21.9 Å². The van der Waals surface area contributed by atoms with Crippen molar-refractivity contribution < 1.29 is 22.7 Å². The van der Waals surface area contributed by atoms with Gasteiger partial charge in [0.2, 0.25) is 10.0 Å². The van der Waals surface area contributed by atoms with Crippen LogP contribution in [0.15, 0.2) is 53.4 Å². The summed E-state index contributed by atoms with van der Waals surface area (Å²) in [4.78, 5) is 24.6. The predicted molar refractivity (Wildman–Crippen MR) is 124 cm³/mol. The standard InChI is InChI=1S/C25H30N2O5S/c28-24(26-16-19-7-2-1-3-8-19)18-32-25(29)21-11-6-12-23(15-21)33(30,31)27-14-13-20-9-4-5-10-22(20)17-27/h4-6,9-12,15,19H,1-3,7-8,13-14,16-18H2,(H,26,28). The lowest BCUT2D eigenvalue weighted by molar-refractivity contribution is -0.124. The molecule has 0 atom stereocenters. The third kappa shape index (κ3) is 5.81. The van der Waals surface area contributed by atoms with Gasteiger partial charge in [0.05, 0.1) is 10.5 Å². The fourth-order valence-corrected chi connectivity index (χ4v) is 5.99. The number of rotatable bonds is 7. The zero-order valence-electron chi connectivity index (χ0n) is 18.7. The highest BCUT2D eigenvalue weighted by atomic mass is 32.2. The Morgan fingerprint density at radius 3 is 2.55 bits per heavy atom. The predicted octanol–water partition coefficient (Wildman–Crippen LogP) is 3.29. The van der Waals surface area contributed by atoms with Gasteiger partial charge in [0.1, 0.15) is 0 Å². The molecule has 0 saturated heterocycles. The average molecular weight is 471 g/mol. The number of hydrogen-bond acceptors (Lipinski definition) is 5. The van der Waals surface area contributed by atoms with Crippen LogP contribution in [0.1, 0.15) is 53.6 Å². The molecular weight excluding hydrogens is 440 g/mol. The number of carbonyl (C=O) groups excluding carboxylic acids is 2. The van der Waals surface area contributed by atoms with E-state index in [2.05, 4.69) is 5.32 Å². The largest absolute Gasteiger partial charge is 0.452 e. The number of nitrogens with one attached hydrogen (secondary N) is 1. The highest BCUT2D eigenvalue weighted by Gasteiger charge is 2.29. The van der Waals surface area contributed by atoms with Gasteiger partial charge in [0, 0.05) is 19.6 Å². The summed E-state index contributed by atoms with van der Waals surface area (Å²) in [5.74, 6) is -0.574. The smallest absolute Gasteiger partial charge is 0.338 e. The van der Waals surface area contributed by atoms with Crippen molar-refractivity contribution in [2.75, 3.05) is 19.7 Å². The first-order valence-corrected chi connectivity index (χ1v) is 13.0. The van der Waals surface area contributed by atoms with Crippen LogP contribution >= 0.6 is 0 Å². The average Bonchev–Trinajstić information content (AvgIpc) is 2.86. The Kier molecular flexibility index (Phi) is 7.45. The first-order chi connectivity index (χ1) is 15.9. The van der Waals surface area contributed by atoms with Gasteiger partial charge < -0.3 is 10.1 Å². The summed E-state index contributed by atoms with van der Waals surface area (Å²) in [5.41, 5.74) is 2.25. The second-order valence-electron chi connectivity index (χ2n) is 8.77. The molecule has 2 aromatic rings. The number of hydrogen-bond donors (Lipinski definition) is 1. The number of carbonyl (C=O) groups is 2. The molecule has 2 aliphatic rings. The van der Waals surface area contributed by atoms with Crippen LogP contribution in [0.2, 0.25) is 0 Å². The van der Waals surface area contributed by atoms with Crippen molar-refractivity contribution in [1.29, 1.82) is 0 Å². The quantitative estimate of drug-likeness (QED) is 0.627. The van der Waals surface area contributed by atoms with E-state index < -0.39 is 16.0 Å². The number of ether oxygens (including phenoxy) is 1. The van der Waals surface area contributed by atoms with E-state index in [4.69, 9.17) is 4.74 Å². The third-order valence-corrected chi connectivity index (χ3v) is 8.29. The van der Waals surface area contributed by atoms with Gasteiger partial charge in [-0.25, -0.2) is 13.2 Å². The molecule has 1 fully saturated rings. The molecule has 176 valence electrons. The molecule has 33 heavy (non-hydrogen) atoms. The SMILES string of the molecule is O=C(COC(=O)c1cccc(S(=O)(=O)N2CCc3ccccc3C2)c1)NCC1CCCCC1. The van der Waals surface area contributed by atoms with Crippen molar-refractivity contribution in [1.82, 2.24) is 9.62 Å². The Labute approximate surface area is 195 Å². The Hall–Kier alpha value is -2.71. The summed E-state index contributed by atoms with van der Waals surface area (Å²) in [7, 11) is -3.77. The molecule has 7 nitrogen and oxygen atoms in total. The van der Waals surface area contributed by atoms with Crippen molar-refractivity contribution in [2.45, 2.75) is 50.0 Å². The van der Waals surface area contributed by atoms with Crippen molar-refractivity contribution in [2.24, 2.45) is 5.92 Å². The fourth-order valence-electron chi connectivity index (χ4n) is 4.52. The third-order valence-electron chi connectivity index (χ3n) is 6.45. The number of nitrogens with zero attached hydrogens (tertiary/aromatic N) is 1. The molecule has 0 aromatic heterocycles. The van der Waals surface area contributed by atoms with Crippen molar-refractivity contribution in [3.63, 3.8) is 0 Å². The second kappa shape index (κ2) is 10.5. The first-order valence-electron chi connectivity index (χ1n) is 11.5. The van der Waals surface area contributed by atoms with Gasteiger partial charge in [0.15, 0.2) is 6.61 Å². The molecule has 1 aliphatic heterocycles. The molecule has 1 amide bonds. The van der Waals surface area contributed by atoms with E-state index in [1.54, 1.807) is 0 Å². The number of benzene rings is 2. The van der Waals surface area contributed by atoms with Crippen molar-refractivity contribution in [3.05, 3.63) is 65.2 Å². The highest BCUT2D eigenvalue weighted by molar-refractivity contribution is 7.89. The summed E-state index contributed by atoms with van der Waals surface area (Å²) in [5, 5.41) is 2.83. The summed E-state index contributed by atoms with van der Waals surface area (Å²) in [6.45, 7) is 0.901. The minimum absolute atomic E-state index is 0.0399. The van der Waals surface area contributed by atoms with Crippen LogP contribution in [-0.4, -0.2) is 44.3 Å². The van der Waals surface area contributed by atoms with Crippen LogP contribution in [0.3, 0.4) is 0 Å². The summed E-state index contributed by atoms with van der Waals surface area (Å²) in [6, 6.07) is 13.6. The Bertz CT molecular complexity index is 1110. The van der Waals surface area contributed by atoms with Crippen LogP contribution < -0.4 is 5.32 Å². The molecule has 1 aliphatic carbocycles. The van der Waals surface area contributed by atoms with E-state index in [1.165, 1.54) is 47.8 Å². The molecule has 0 spiro atoms. The van der Waals surface area contributed by atoms with Crippen molar-refractivity contribution in [3.8, 4) is 0 Å². The van der Waals surface area contributed by atoms with E-state index in [9.17, 15) is 18.0 Å². The molecule has 1 N–H and O–H groups in total. The number of amides is 1. The lowest BCUT2D eigenvalue weighted by Gasteiger charge is -2.28. The van der Waals surface area contributed by atoms with Gasteiger partial charge in [-0.3, -0.25) is 4.79 Å². The van der Waals surface area contributed by atoms with E-state index in [1.807, 2.05) is 24.3 Å². The second-order valence-corrected chi connectivity index (χ2v) is 10.7. The van der Waals surface area contributed by atoms with Gasteiger partial charge in [-0.1, -0.05) is 49.6 Å². The highest BCUT2D eigenvalue weighted by Crippen LogP contribution is 2.25. The zero-order valence-corrected chi connectivity index (χ0v) is 19.5. The molecule has 1 heterocycles. The van der Waals surface area contributed by atoms with Crippen LogP contribution in [0.4, 0.5) is 0 Å². The Morgan fingerprint density at radius 1 is 1.00 bits per heavy atom. The fraction of sp³-hybridized carbons (Fsp3) is 0.440. The summed E-state index contributed by atoms with van der Waals surface area (Å²) >= 11 is 0. The maximum atomic E-state index is 13.2. The minimum Gasteiger partial charge on any atom is -0.452 e. The van der Waals surface area contributed by atoms with Crippen LogP contribution in [-0.2, 0) is 32.5 Å². The zero-order chi connectivity index (χ0) is 23.3. The molecule has 0 unspecified atom stereocenters. The van der Waals surface area contributed by atoms with E-state index in [0.717, 1.165) is 24.0 Å². The molecule has 2 aromatic carbocycles. The number of sulfonamides is 1. The number of esters is 1. The van der Waals surface area contributed by atoms with Gasteiger partial charge >= 0.3 is 5.97 Å². The molecular formula is C25H30N2O5S. The lowest BCUT2D eigenvalue weighted by atomic mass is 9.89. The minimum atomic E-state index is -3.77. The summed E-state index contributed by atoms with van der Waals surface area (Å²) < 4.78 is 32.9. The molecule has 0 radical (unpaired) electrons. The van der Waals surface area contributed by atoms with Gasteiger partial charge in [-0.05, 0) is 54.5 Å². The van der Waals surface area contributed by atoms with E-state index in [-0.39, 0.29) is 23.0 Å². The molecule has 1 saturated carbocycles. The van der Waals surface area contributed by atoms with E-state index in [0.29, 0.717) is 32.0 Å². The molecule has 0 bridgehead atoms. The first kappa shape index (κ1) is 23.4. The van der Waals surface area contributed by atoms with Gasteiger partial charge in [-0.15, -0.1) is 0 Å². The van der Waals surface area contributed by atoms with Gasteiger partial charge in [-0.2, -0.15) is 4.31 Å². The monoisotopic (exact) mass is 470 g/mol. The Morgan fingerprint density at radius 2 is 1.76 bits per heavy atom.